The zero-order valence-corrected chi connectivity index (χ0v) is 27.1. The predicted octanol–water partition coefficient (Wildman–Crippen LogP) is 5.33. The number of nitrogens with zero attached hydrogens (tertiary/aromatic N) is 3. The summed E-state index contributed by atoms with van der Waals surface area (Å²) >= 11 is 13.3. The lowest BCUT2D eigenvalue weighted by Crippen LogP contribution is -2.50. The second kappa shape index (κ2) is 15.0. The Bertz CT molecular complexity index is 732. The highest BCUT2D eigenvalue weighted by Crippen LogP contribution is 2.32. The van der Waals surface area contributed by atoms with Gasteiger partial charge in [0.1, 0.15) is 11.2 Å². The number of hydrogen-bond donors (Lipinski definition) is 1. The number of alkyl halides is 3. The van der Waals surface area contributed by atoms with Crippen LogP contribution in [0.3, 0.4) is 0 Å². The van der Waals surface area contributed by atoms with Crippen molar-refractivity contribution in [2.45, 2.75) is 103 Å². The summed E-state index contributed by atoms with van der Waals surface area (Å²) in [5.41, 5.74) is -0.788. The number of halogens is 3. The third-order valence-electron chi connectivity index (χ3n) is 6.51. The topological polar surface area (TPSA) is 74.3 Å². The summed E-state index contributed by atoms with van der Waals surface area (Å²) in [7, 11) is 0. The predicted molar refractivity (Wildman–Crippen MR) is 159 cm³/mol. The van der Waals surface area contributed by atoms with Crippen LogP contribution < -0.4 is 5.32 Å². The molecule has 0 spiro atoms. The number of likely N-dealkylation sites (tertiary alicyclic amines) is 3. The van der Waals surface area contributed by atoms with E-state index in [0.29, 0.717) is 30.0 Å². The number of amides is 2. The Morgan fingerprint density at radius 3 is 1.76 bits per heavy atom. The molecule has 4 aliphatic rings. The molecule has 0 radical (unpaired) electrons. The smallest absolute Gasteiger partial charge is 0.410 e. The van der Waals surface area contributed by atoms with Gasteiger partial charge in [0.05, 0.1) is 0 Å². The van der Waals surface area contributed by atoms with Crippen LogP contribution in [-0.4, -0.2) is 111 Å². The first-order valence-electron chi connectivity index (χ1n) is 13.4. The third-order valence-corrected chi connectivity index (χ3v) is 7.81. The maximum atomic E-state index is 12.0. The summed E-state index contributed by atoms with van der Waals surface area (Å²) < 4.78 is 12.0. The van der Waals surface area contributed by atoms with Gasteiger partial charge in [0.15, 0.2) is 0 Å². The molecular formula is C26H47Cl2IN4O4. The molecule has 216 valence electrons. The van der Waals surface area contributed by atoms with Gasteiger partial charge in [-0.05, 0) is 73.8 Å². The molecule has 0 aromatic rings. The zero-order valence-electron chi connectivity index (χ0n) is 23.4. The lowest BCUT2D eigenvalue weighted by molar-refractivity contribution is 0.0129. The molecule has 4 heterocycles. The zero-order chi connectivity index (χ0) is 27.8. The number of carbonyl (C=O) groups excluding carboxylic acids is 2. The fourth-order valence-electron chi connectivity index (χ4n) is 4.99. The van der Waals surface area contributed by atoms with Crippen molar-refractivity contribution in [1.82, 2.24) is 20.0 Å². The van der Waals surface area contributed by atoms with Crippen LogP contribution in [0.15, 0.2) is 0 Å². The molecule has 4 bridgehead atoms. The summed E-state index contributed by atoms with van der Waals surface area (Å²) in [5, 5.41) is 3.35. The summed E-state index contributed by atoms with van der Waals surface area (Å²) in [6.07, 6.45) is 4.01. The molecule has 0 saturated carbocycles. The number of piperazine rings is 2. The summed E-state index contributed by atoms with van der Waals surface area (Å²) in [6, 6.07) is 1.69. The van der Waals surface area contributed by atoms with Crippen LogP contribution in [-0.2, 0) is 9.47 Å². The molecule has 4 atom stereocenters. The van der Waals surface area contributed by atoms with E-state index in [9.17, 15) is 9.59 Å². The Labute approximate surface area is 247 Å². The minimum Gasteiger partial charge on any atom is -0.444 e. The minimum atomic E-state index is -0.406. The van der Waals surface area contributed by atoms with E-state index in [4.69, 9.17) is 32.7 Å². The average Bonchev–Trinajstić information content (AvgIpc) is 3.57. The first-order valence-corrected chi connectivity index (χ1v) is 16.0. The van der Waals surface area contributed by atoms with E-state index >= 15 is 0 Å². The van der Waals surface area contributed by atoms with Crippen molar-refractivity contribution in [2.24, 2.45) is 0 Å². The van der Waals surface area contributed by atoms with Gasteiger partial charge in [-0.25, -0.2) is 9.59 Å². The van der Waals surface area contributed by atoms with Crippen molar-refractivity contribution >= 4 is 58.0 Å². The lowest BCUT2D eigenvalue weighted by Gasteiger charge is -2.35. The Hall–Kier alpha value is -0.230. The summed E-state index contributed by atoms with van der Waals surface area (Å²) in [6.45, 7) is 16.0. The highest BCUT2D eigenvalue weighted by molar-refractivity contribution is 14.1. The summed E-state index contributed by atoms with van der Waals surface area (Å²) in [4.78, 5) is 30.0. The second-order valence-corrected chi connectivity index (χ2v) is 13.9. The highest BCUT2D eigenvalue weighted by atomic mass is 127. The highest BCUT2D eigenvalue weighted by Gasteiger charge is 2.46. The molecule has 0 aliphatic carbocycles. The van der Waals surface area contributed by atoms with E-state index in [-0.39, 0.29) is 17.8 Å². The van der Waals surface area contributed by atoms with Gasteiger partial charge in [0.25, 0.3) is 0 Å². The van der Waals surface area contributed by atoms with Crippen molar-refractivity contribution in [3.63, 3.8) is 0 Å². The molecule has 4 saturated heterocycles. The molecule has 4 rings (SSSR count). The molecule has 0 aromatic heterocycles. The van der Waals surface area contributed by atoms with Gasteiger partial charge in [-0.15, -0.1) is 23.2 Å². The monoisotopic (exact) mass is 676 g/mol. The molecule has 37 heavy (non-hydrogen) atoms. The quantitative estimate of drug-likeness (QED) is 0.314. The largest absolute Gasteiger partial charge is 0.444 e. The first kappa shape index (κ1) is 33.0. The molecule has 11 heteroatoms. The number of ether oxygens (including phenoxy) is 2. The normalized spacial score (nSPS) is 26.4. The lowest BCUT2D eigenvalue weighted by atomic mass is 10.2. The number of nitrogens with one attached hydrogen (secondary N) is 1. The standard InChI is InChI=1S/C13H23ClN2O2.C10H18N2O2.C3H6ClI/c1-13(2,3)18-12(17)16-9-10-7-11(16)8-15(10)6-4-5-14;1-10(2,3)14-9(13)12-6-7-4-8(12)5-11-7;4-2-1-3-5/h10-11H,4-9H2,1-3H3;7-8,11H,4-6H2,1-3H3;1-3H2. The van der Waals surface area contributed by atoms with Crippen LogP contribution in [0.25, 0.3) is 0 Å². The van der Waals surface area contributed by atoms with E-state index in [1.54, 1.807) is 0 Å². The SMILES string of the molecule is CC(C)(C)OC(=O)N1CC2CC1CN2.CC(C)(C)OC(=O)N1CC2CC1CN2CCCCl.ClCCCI. The van der Waals surface area contributed by atoms with E-state index in [1.165, 1.54) is 4.43 Å². The van der Waals surface area contributed by atoms with Gasteiger partial charge >= 0.3 is 12.2 Å². The Morgan fingerprint density at radius 1 is 0.838 bits per heavy atom. The van der Waals surface area contributed by atoms with Gasteiger partial charge in [-0.3, -0.25) is 4.90 Å². The van der Waals surface area contributed by atoms with Crippen LogP contribution in [0.4, 0.5) is 9.59 Å². The Balaban J connectivity index is 0.000000225. The van der Waals surface area contributed by atoms with Gasteiger partial charge in [-0.2, -0.15) is 0 Å². The van der Waals surface area contributed by atoms with E-state index in [2.05, 4.69) is 32.8 Å². The van der Waals surface area contributed by atoms with E-state index in [0.717, 1.165) is 64.3 Å². The second-order valence-electron chi connectivity index (χ2n) is 12.1. The molecule has 4 aliphatic heterocycles. The maximum absolute atomic E-state index is 12.0. The minimum absolute atomic E-state index is 0.160. The van der Waals surface area contributed by atoms with Crippen molar-refractivity contribution < 1.29 is 19.1 Å². The van der Waals surface area contributed by atoms with Crippen molar-refractivity contribution in [1.29, 1.82) is 0 Å². The number of hydrogen-bond acceptors (Lipinski definition) is 6. The third kappa shape index (κ3) is 11.0. The molecule has 4 unspecified atom stereocenters. The fourth-order valence-corrected chi connectivity index (χ4v) is 6.07. The number of carbonyl (C=O) groups is 2. The first-order chi connectivity index (χ1) is 17.3. The van der Waals surface area contributed by atoms with E-state index < -0.39 is 5.60 Å². The molecule has 1 N–H and O–H groups in total. The number of fused-ring (bicyclic) bond motifs is 4. The fraction of sp³-hybridized carbons (Fsp3) is 0.923. The van der Waals surface area contributed by atoms with Crippen LogP contribution in [0.1, 0.15) is 67.2 Å². The van der Waals surface area contributed by atoms with Gasteiger partial charge in [-0.1, -0.05) is 22.6 Å². The Morgan fingerprint density at radius 2 is 1.41 bits per heavy atom. The Kier molecular flexibility index (Phi) is 13.3. The van der Waals surface area contributed by atoms with Crippen molar-refractivity contribution in [3.8, 4) is 0 Å². The van der Waals surface area contributed by atoms with Crippen LogP contribution in [0, 0.1) is 0 Å². The van der Waals surface area contributed by atoms with E-state index in [1.807, 2.05) is 51.3 Å². The number of rotatable bonds is 5. The van der Waals surface area contributed by atoms with Crippen LogP contribution >= 0.6 is 45.8 Å². The van der Waals surface area contributed by atoms with Crippen molar-refractivity contribution in [2.75, 3.05) is 48.9 Å². The van der Waals surface area contributed by atoms with Gasteiger partial charge in [0, 0.05) is 66.5 Å². The molecule has 2 amide bonds. The van der Waals surface area contributed by atoms with Crippen LogP contribution in [0.5, 0.6) is 0 Å². The average molecular weight is 677 g/mol. The molecule has 4 fully saturated rings. The molecular weight excluding hydrogens is 630 g/mol. The van der Waals surface area contributed by atoms with Gasteiger partial charge in [0.2, 0.25) is 0 Å². The van der Waals surface area contributed by atoms with Crippen molar-refractivity contribution in [3.05, 3.63) is 0 Å². The van der Waals surface area contributed by atoms with Crippen LogP contribution in [0.2, 0.25) is 0 Å². The maximum Gasteiger partial charge on any atom is 0.410 e. The molecule has 8 nitrogen and oxygen atoms in total. The summed E-state index contributed by atoms with van der Waals surface area (Å²) in [5.74, 6) is 1.52. The molecule has 0 aromatic carbocycles. The van der Waals surface area contributed by atoms with Gasteiger partial charge < -0.3 is 24.6 Å².